The molecule has 3 heterocycles. The molecule has 0 spiro atoms. The van der Waals surface area contributed by atoms with Crippen LogP contribution in [0.2, 0.25) is 0 Å². The molecule has 0 saturated carbocycles. The number of amides is 1. The third kappa shape index (κ3) is 5.32. The van der Waals surface area contributed by atoms with Crippen LogP contribution in [0.25, 0.3) is 11.1 Å². The van der Waals surface area contributed by atoms with Crippen molar-refractivity contribution >= 4 is 22.8 Å². The number of halogens is 1. The molecule has 0 radical (unpaired) electrons. The second-order valence-corrected chi connectivity index (χ2v) is 10.8. The molecule has 2 aromatic rings. The van der Waals surface area contributed by atoms with Crippen LogP contribution in [0, 0.1) is 24.2 Å². The molecule has 2 saturated heterocycles. The highest BCUT2D eigenvalue weighted by molar-refractivity contribution is 5.88. The van der Waals surface area contributed by atoms with E-state index < -0.39 is 53.4 Å². The Hall–Kier alpha value is -2.40. The minimum Gasteiger partial charge on any atom is -0.441 e. The average Bonchev–Trinajstić information content (AvgIpc) is 3.28. The van der Waals surface area contributed by atoms with Gasteiger partial charge in [0.1, 0.15) is 24.0 Å². The second-order valence-electron chi connectivity index (χ2n) is 10.8. The summed E-state index contributed by atoms with van der Waals surface area (Å²) in [6.45, 7) is 7.85. The second kappa shape index (κ2) is 9.81. The number of nitrogens with zero attached hydrogens (tertiary/aromatic N) is 1. The van der Waals surface area contributed by atoms with Gasteiger partial charge in [0.05, 0.1) is 36.7 Å². The van der Waals surface area contributed by atoms with E-state index in [4.69, 9.17) is 13.9 Å². The lowest BCUT2D eigenvalue weighted by Gasteiger charge is -2.34. The fraction of sp³-hybridized carbons (Fsp3) is 0.654. The fourth-order valence-electron chi connectivity index (χ4n) is 4.89. The molecule has 1 amide bonds. The van der Waals surface area contributed by atoms with Crippen molar-refractivity contribution in [3.63, 3.8) is 0 Å². The van der Waals surface area contributed by atoms with Crippen LogP contribution in [0.3, 0.4) is 0 Å². The Balaban J connectivity index is 1.61. The summed E-state index contributed by atoms with van der Waals surface area (Å²) < 4.78 is 31.6. The summed E-state index contributed by atoms with van der Waals surface area (Å²) in [6, 6.07) is 4.63. The first kappa shape index (κ1) is 26.7. The van der Waals surface area contributed by atoms with Gasteiger partial charge in [-0.25, -0.2) is 9.37 Å². The highest BCUT2D eigenvalue weighted by atomic mass is 19.2. The maximum atomic E-state index is 15.2. The summed E-state index contributed by atoms with van der Waals surface area (Å²) >= 11 is 0. The average molecular weight is 507 g/mol. The number of aromatic nitrogens is 1. The smallest absolute Gasteiger partial charge is 0.259 e. The van der Waals surface area contributed by atoms with Crippen LogP contribution >= 0.6 is 0 Å². The number of benzene rings is 1. The molecule has 3 N–H and O–H groups in total. The SMILES string of the molecule is Cc1nc2cc([C@@H]3C[C@@H]4O[C@]4(F)COC[C@H](C)[C@H](O)[C@@H](C)C(=O)C(C)(C)[C@@H](O)CC(=O)N3)ccc2o1. The predicted octanol–water partition coefficient (Wildman–Crippen LogP) is 2.76. The van der Waals surface area contributed by atoms with Crippen LogP contribution in [0.1, 0.15) is 58.0 Å². The number of nitrogens with one attached hydrogen (secondary N) is 1. The molecule has 36 heavy (non-hydrogen) atoms. The van der Waals surface area contributed by atoms with Crippen molar-refractivity contribution in [3.05, 3.63) is 29.7 Å². The Bertz CT molecular complexity index is 1130. The molecule has 2 aliphatic rings. The molecular formula is C26H35FN2O7. The lowest BCUT2D eigenvalue weighted by molar-refractivity contribution is -0.144. The lowest BCUT2D eigenvalue weighted by atomic mass is 9.73. The minimum atomic E-state index is -2.01. The van der Waals surface area contributed by atoms with Crippen molar-refractivity contribution in [2.45, 2.75) is 77.7 Å². The van der Waals surface area contributed by atoms with E-state index in [1.807, 2.05) is 0 Å². The number of alkyl halides is 1. The summed E-state index contributed by atoms with van der Waals surface area (Å²) in [5, 5.41) is 24.4. The van der Waals surface area contributed by atoms with Crippen LogP contribution in [0.15, 0.2) is 22.6 Å². The van der Waals surface area contributed by atoms with Gasteiger partial charge in [-0.3, -0.25) is 9.59 Å². The van der Waals surface area contributed by atoms with Gasteiger partial charge >= 0.3 is 0 Å². The molecule has 0 unspecified atom stereocenters. The first-order valence-electron chi connectivity index (χ1n) is 12.3. The number of ketones is 1. The van der Waals surface area contributed by atoms with Gasteiger partial charge in [0.2, 0.25) is 5.91 Å². The molecular weight excluding hydrogens is 471 g/mol. The van der Waals surface area contributed by atoms with Crippen LogP contribution in [-0.4, -0.2) is 64.3 Å². The Labute approximate surface area is 209 Å². The fourth-order valence-corrected chi connectivity index (χ4v) is 4.89. The van der Waals surface area contributed by atoms with Gasteiger partial charge in [0.25, 0.3) is 5.85 Å². The first-order chi connectivity index (χ1) is 16.8. The molecule has 2 fully saturated rings. The third-order valence-electron chi connectivity index (χ3n) is 7.50. The predicted molar refractivity (Wildman–Crippen MR) is 128 cm³/mol. The Morgan fingerprint density at radius 3 is 2.64 bits per heavy atom. The molecule has 2 aliphatic heterocycles. The topological polar surface area (TPSA) is 134 Å². The van der Waals surface area contributed by atoms with E-state index >= 15 is 4.39 Å². The largest absolute Gasteiger partial charge is 0.441 e. The van der Waals surface area contributed by atoms with Gasteiger partial charge in [-0.05, 0) is 17.7 Å². The van der Waals surface area contributed by atoms with E-state index in [1.54, 1.807) is 52.8 Å². The molecule has 0 aliphatic carbocycles. The zero-order valence-corrected chi connectivity index (χ0v) is 21.3. The summed E-state index contributed by atoms with van der Waals surface area (Å²) in [5.41, 5.74) is 0.591. The number of Topliss-reactive ketones (excluding diaryl/α,β-unsaturated/α-hetero) is 1. The van der Waals surface area contributed by atoms with Gasteiger partial charge < -0.3 is 29.4 Å². The number of oxazole rings is 1. The van der Waals surface area contributed by atoms with E-state index in [2.05, 4.69) is 10.3 Å². The monoisotopic (exact) mass is 506 g/mol. The van der Waals surface area contributed by atoms with Crippen molar-refractivity contribution in [2.24, 2.45) is 17.3 Å². The van der Waals surface area contributed by atoms with Crippen molar-refractivity contribution in [1.82, 2.24) is 10.3 Å². The molecule has 4 rings (SSSR count). The number of fused-ring (bicyclic) bond motifs is 2. The lowest BCUT2D eigenvalue weighted by Crippen LogP contribution is -2.47. The highest BCUT2D eigenvalue weighted by Crippen LogP contribution is 2.44. The summed E-state index contributed by atoms with van der Waals surface area (Å²) in [6.07, 6.45) is -3.38. The standard InChI is InChI=1S/C26H35FN2O7/c1-13-11-34-12-26(27)21(36-26)9-17(16-6-7-19-18(8-16)28-15(3)35-19)29-22(31)10-20(30)25(4,5)24(33)14(2)23(13)32/h6-8,13-14,17,20-21,23,30,32H,9-12H2,1-5H3,(H,29,31)/t13-,14+,17-,20-,21-,23-,26+/m0/s1. The van der Waals surface area contributed by atoms with E-state index in [-0.39, 0.29) is 31.8 Å². The maximum Gasteiger partial charge on any atom is 0.259 e. The van der Waals surface area contributed by atoms with Gasteiger partial charge in [0, 0.05) is 25.2 Å². The Morgan fingerprint density at radius 1 is 1.19 bits per heavy atom. The van der Waals surface area contributed by atoms with Crippen molar-refractivity contribution in [3.8, 4) is 0 Å². The van der Waals surface area contributed by atoms with Crippen LogP contribution < -0.4 is 5.32 Å². The molecule has 7 atom stereocenters. The Kier molecular flexibility index (Phi) is 7.27. The first-order valence-corrected chi connectivity index (χ1v) is 12.3. The number of carbonyl (C=O) groups excluding carboxylic acids is 2. The minimum absolute atomic E-state index is 0.0336. The number of aryl methyl sites for hydroxylation is 1. The van der Waals surface area contributed by atoms with Gasteiger partial charge in [-0.15, -0.1) is 0 Å². The molecule has 10 heteroatoms. The number of aliphatic hydroxyl groups excluding tert-OH is 2. The molecule has 1 aromatic heterocycles. The third-order valence-corrected chi connectivity index (χ3v) is 7.50. The number of epoxide rings is 1. The van der Waals surface area contributed by atoms with E-state index in [0.717, 1.165) is 0 Å². The van der Waals surface area contributed by atoms with E-state index in [0.29, 0.717) is 22.6 Å². The number of hydrogen-bond donors (Lipinski definition) is 3. The van der Waals surface area contributed by atoms with Crippen molar-refractivity contribution in [2.75, 3.05) is 13.2 Å². The zero-order chi connectivity index (χ0) is 26.4. The van der Waals surface area contributed by atoms with Crippen molar-refractivity contribution < 1.29 is 38.1 Å². The van der Waals surface area contributed by atoms with Crippen LogP contribution in [0.4, 0.5) is 4.39 Å². The highest BCUT2D eigenvalue weighted by Gasteiger charge is 2.59. The summed E-state index contributed by atoms with van der Waals surface area (Å²) in [4.78, 5) is 30.5. The zero-order valence-electron chi connectivity index (χ0n) is 21.3. The quantitative estimate of drug-likeness (QED) is 0.503. The van der Waals surface area contributed by atoms with Gasteiger partial charge in [-0.1, -0.05) is 33.8 Å². The number of carbonyl (C=O) groups is 2. The van der Waals surface area contributed by atoms with Crippen LogP contribution in [-0.2, 0) is 19.1 Å². The summed E-state index contributed by atoms with van der Waals surface area (Å²) in [7, 11) is 0. The maximum absolute atomic E-state index is 15.2. The molecule has 198 valence electrons. The molecule has 0 bridgehead atoms. The molecule has 1 aromatic carbocycles. The van der Waals surface area contributed by atoms with Gasteiger partial charge in [-0.2, -0.15) is 0 Å². The van der Waals surface area contributed by atoms with Crippen molar-refractivity contribution in [1.29, 1.82) is 0 Å². The van der Waals surface area contributed by atoms with E-state index in [9.17, 15) is 19.8 Å². The van der Waals surface area contributed by atoms with Gasteiger partial charge in [0.15, 0.2) is 11.5 Å². The Morgan fingerprint density at radius 2 is 1.92 bits per heavy atom. The number of rotatable bonds is 1. The molecule has 9 nitrogen and oxygen atoms in total. The number of aliphatic hydroxyl groups is 2. The number of ether oxygens (including phenoxy) is 2. The number of hydrogen-bond acceptors (Lipinski definition) is 8. The summed E-state index contributed by atoms with van der Waals surface area (Å²) in [5.74, 6) is -3.66. The van der Waals surface area contributed by atoms with E-state index in [1.165, 1.54) is 0 Å². The normalized spacial score (nSPS) is 36.3. The van der Waals surface area contributed by atoms with Crippen LogP contribution in [0.5, 0.6) is 0 Å².